The Hall–Kier alpha value is -3.48. The lowest BCUT2D eigenvalue weighted by Gasteiger charge is -2.24. The van der Waals surface area contributed by atoms with Crippen LogP contribution in [0.1, 0.15) is 25.3 Å². The van der Waals surface area contributed by atoms with E-state index in [4.69, 9.17) is 0 Å². The molecule has 0 N–H and O–H groups in total. The molecule has 1 aliphatic heterocycles. The minimum absolute atomic E-state index is 0.0784. The molecule has 4 rings (SSSR count). The second-order valence-electron chi connectivity index (χ2n) is 8.52. The number of hydrogen-bond donors (Lipinski definition) is 0. The minimum atomic E-state index is -0.237. The average molecular weight is 446 g/mol. The summed E-state index contributed by atoms with van der Waals surface area (Å²) in [6.45, 7) is 5.00. The van der Waals surface area contributed by atoms with Crippen molar-refractivity contribution >= 4 is 11.8 Å². The number of benzene rings is 1. The molecule has 7 heteroatoms. The van der Waals surface area contributed by atoms with E-state index in [0.717, 1.165) is 29.7 Å². The maximum absolute atomic E-state index is 13.3. The minimum Gasteiger partial charge on any atom is -0.341 e. The maximum Gasteiger partial charge on any atom is 0.227 e. The Morgan fingerprint density at radius 3 is 2.45 bits per heavy atom. The van der Waals surface area contributed by atoms with Gasteiger partial charge in [0, 0.05) is 63.9 Å². The number of pyridine rings is 1. The van der Waals surface area contributed by atoms with Crippen molar-refractivity contribution in [2.24, 2.45) is 5.92 Å². The van der Waals surface area contributed by atoms with Crippen LogP contribution in [0, 0.1) is 5.92 Å². The Kier molecular flexibility index (Phi) is 7.50. The third-order valence-electron chi connectivity index (χ3n) is 6.15. The van der Waals surface area contributed by atoms with E-state index < -0.39 is 0 Å². The molecule has 0 aliphatic carbocycles. The van der Waals surface area contributed by atoms with Crippen molar-refractivity contribution in [3.8, 4) is 11.1 Å². The van der Waals surface area contributed by atoms with Crippen LogP contribution in [0.5, 0.6) is 0 Å². The van der Waals surface area contributed by atoms with Crippen LogP contribution < -0.4 is 0 Å². The number of hydrogen-bond acceptors (Lipinski definition) is 4. The molecule has 2 aromatic heterocycles. The van der Waals surface area contributed by atoms with Gasteiger partial charge < -0.3 is 9.80 Å². The third kappa shape index (κ3) is 5.86. The number of rotatable bonds is 8. The smallest absolute Gasteiger partial charge is 0.227 e. The summed E-state index contributed by atoms with van der Waals surface area (Å²) in [6, 6.07) is 14.2. The highest BCUT2D eigenvalue weighted by molar-refractivity contribution is 5.82. The molecule has 1 saturated heterocycles. The van der Waals surface area contributed by atoms with Gasteiger partial charge in [0.05, 0.1) is 5.92 Å². The van der Waals surface area contributed by atoms with E-state index in [0.29, 0.717) is 39.0 Å². The van der Waals surface area contributed by atoms with Crippen molar-refractivity contribution in [2.75, 3.05) is 26.2 Å². The normalized spacial score (nSPS) is 16.6. The molecular formula is C26H31N5O2. The van der Waals surface area contributed by atoms with Crippen LogP contribution in [0.4, 0.5) is 0 Å². The van der Waals surface area contributed by atoms with E-state index in [9.17, 15) is 9.59 Å². The molecule has 0 unspecified atom stereocenters. The fourth-order valence-corrected chi connectivity index (χ4v) is 4.38. The van der Waals surface area contributed by atoms with Gasteiger partial charge in [0.1, 0.15) is 0 Å². The molecule has 3 aromatic rings. The fourth-order valence-electron chi connectivity index (χ4n) is 4.38. The summed E-state index contributed by atoms with van der Waals surface area (Å²) < 4.78 is 1.77. The van der Waals surface area contributed by atoms with E-state index >= 15 is 0 Å². The summed E-state index contributed by atoms with van der Waals surface area (Å²) in [5.74, 6) is -0.00778. The number of aryl methyl sites for hydroxylation is 1. The zero-order valence-corrected chi connectivity index (χ0v) is 19.1. The van der Waals surface area contributed by atoms with E-state index in [1.165, 1.54) is 0 Å². The van der Waals surface area contributed by atoms with Crippen LogP contribution in [-0.4, -0.2) is 62.6 Å². The van der Waals surface area contributed by atoms with Gasteiger partial charge in [-0.25, -0.2) is 0 Å². The van der Waals surface area contributed by atoms with E-state index in [2.05, 4.69) is 41.3 Å². The van der Waals surface area contributed by atoms with Crippen molar-refractivity contribution in [2.45, 2.75) is 32.7 Å². The third-order valence-corrected chi connectivity index (χ3v) is 6.15. The predicted octanol–water partition coefficient (Wildman–Crippen LogP) is 3.27. The van der Waals surface area contributed by atoms with Gasteiger partial charge in [0.15, 0.2) is 0 Å². The summed E-state index contributed by atoms with van der Waals surface area (Å²) in [7, 11) is 0. The number of carbonyl (C=O) groups excluding carboxylic acids is 2. The first-order valence-electron chi connectivity index (χ1n) is 11.7. The van der Waals surface area contributed by atoms with Crippen molar-refractivity contribution in [1.29, 1.82) is 0 Å². The molecule has 2 amide bonds. The Morgan fingerprint density at radius 2 is 1.76 bits per heavy atom. The second-order valence-corrected chi connectivity index (χ2v) is 8.52. The quantitative estimate of drug-likeness (QED) is 0.534. The maximum atomic E-state index is 13.3. The van der Waals surface area contributed by atoms with Gasteiger partial charge in [-0.1, -0.05) is 31.2 Å². The molecule has 1 aromatic carbocycles. The lowest BCUT2D eigenvalue weighted by Crippen LogP contribution is -2.38. The summed E-state index contributed by atoms with van der Waals surface area (Å²) >= 11 is 0. The first-order valence-corrected chi connectivity index (χ1v) is 11.7. The first kappa shape index (κ1) is 22.7. The highest BCUT2D eigenvalue weighted by Crippen LogP contribution is 2.22. The zero-order valence-electron chi connectivity index (χ0n) is 19.1. The van der Waals surface area contributed by atoms with Crippen LogP contribution in [-0.2, 0) is 22.6 Å². The van der Waals surface area contributed by atoms with Crippen LogP contribution in [0.3, 0.4) is 0 Å². The van der Waals surface area contributed by atoms with E-state index in [-0.39, 0.29) is 17.7 Å². The van der Waals surface area contributed by atoms with Crippen LogP contribution in [0.15, 0.2) is 67.3 Å². The zero-order chi connectivity index (χ0) is 23.0. The van der Waals surface area contributed by atoms with Gasteiger partial charge >= 0.3 is 0 Å². The Labute approximate surface area is 195 Å². The van der Waals surface area contributed by atoms with Gasteiger partial charge in [-0.3, -0.25) is 19.3 Å². The Morgan fingerprint density at radius 1 is 1.00 bits per heavy atom. The number of aromatic nitrogens is 3. The molecule has 7 nitrogen and oxygen atoms in total. The predicted molar refractivity (Wildman–Crippen MR) is 127 cm³/mol. The highest BCUT2D eigenvalue weighted by Gasteiger charge is 2.31. The van der Waals surface area contributed by atoms with Gasteiger partial charge in [0.2, 0.25) is 11.8 Å². The van der Waals surface area contributed by atoms with Crippen molar-refractivity contribution < 1.29 is 9.59 Å². The molecule has 33 heavy (non-hydrogen) atoms. The molecule has 172 valence electrons. The molecule has 1 fully saturated rings. The second kappa shape index (κ2) is 10.9. The van der Waals surface area contributed by atoms with E-state index in [1.807, 2.05) is 34.2 Å². The molecule has 0 radical (unpaired) electrons. The average Bonchev–Trinajstić information content (AvgIpc) is 3.33. The van der Waals surface area contributed by atoms with Gasteiger partial charge in [0.25, 0.3) is 0 Å². The Balaban J connectivity index is 1.46. The molecule has 0 bridgehead atoms. The fraction of sp³-hybridized carbons (Fsp3) is 0.385. The van der Waals surface area contributed by atoms with Gasteiger partial charge in [-0.05, 0) is 47.7 Å². The van der Waals surface area contributed by atoms with Crippen LogP contribution in [0.25, 0.3) is 11.1 Å². The van der Waals surface area contributed by atoms with Crippen molar-refractivity contribution in [3.63, 3.8) is 0 Å². The highest BCUT2D eigenvalue weighted by atomic mass is 16.2. The summed E-state index contributed by atoms with van der Waals surface area (Å²) in [6.07, 6.45) is 9.07. The molecule has 1 aliphatic rings. The molecule has 1 atom stereocenters. The molecule has 0 spiro atoms. The van der Waals surface area contributed by atoms with Crippen molar-refractivity contribution in [3.05, 3.63) is 72.8 Å². The molecule has 0 saturated carbocycles. The van der Waals surface area contributed by atoms with Crippen LogP contribution in [0.2, 0.25) is 0 Å². The first-order chi connectivity index (χ1) is 16.1. The molecular weight excluding hydrogens is 414 g/mol. The number of carbonyl (C=O) groups is 2. The topological polar surface area (TPSA) is 71.3 Å². The Bertz CT molecular complexity index is 1030. The summed E-state index contributed by atoms with van der Waals surface area (Å²) in [4.78, 5) is 34.1. The van der Waals surface area contributed by atoms with Gasteiger partial charge in [-0.2, -0.15) is 5.10 Å². The summed E-state index contributed by atoms with van der Waals surface area (Å²) in [5.41, 5.74) is 3.34. The van der Waals surface area contributed by atoms with Crippen LogP contribution >= 0.6 is 0 Å². The largest absolute Gasteiger partial charge is 0.341 e. The monoisotopic (exact) mass is 445 g/mol. The summed E-state index contributed by atoms with van der Waals surface area (Å²) in [5, 5.41) is 4.18. The lowest BCUT2D eigenvalue weighted by molar-refractivity contribution is -0.135. The van der Waals surface area contributed by atoms with E-state index in [1.54, 1.807) is 23.3 Å². The standard InChI is InChI=1S/C26H31N5O2/c1-2-14-29-17-18-30(25(32)10-16-31-15-3-11-28-31)20-24(26(29)33)19-21-4-6-22(7-5-21)23-8-12-27-13-9-23/h3-9,11-13,15,24H,2,10,14,16-20H2,1H3/t24-/m0/s1. The molecule has 3 heterocycles. The SMILES string of the molecule is CCCN1CCN(C(=O)CCn2cccn2)C[C@H](Cc2ccc(-c3ccncc3)cc2)C1=O. The van der Waals surface area contributed by atoms with Gasteiger partial charge in [-0.15, -0.1) is 0 Å². The number of amides is 2. The lowest BCUT2D eigenvalue weighted by atomic mass is 9.95. The number of nitrogens with zero attached hydrogens (tertiary/aromatic N) is 5. The van der Waals surface area contributed by atoms with Crippen molar-refractivity contribution in [1.82, 2.24) is 24.6 Å².